The molecule has 42 heavy (non-hydrogen) atoms. The van der Waals surface area contributed by atoms with Crippen LogP contribution in [-0.2, 0) is 20.7 Å². The molecule has 0 aromatic heterocycles. The number of carboxylic acid groups (broad SMARTS) is 1. The van der Waals surface area contributed by atoms with Crippen molar-refractivity contribution in [1.29, 1.82) is 0 Å². The summed E-state index contributed by atoms with van der Waals surface area (Å²) in [6.07, 6.45) is 9.25. The Morgan fingerprint density at radius 3 is 2.57 bits per heavy atom. The molecule has 1 unspecified atom stereocenters. The van der Waals surface area contributed by atoms with Crippen LogP contribution < -0.4 is 4.90 Å². The molecule has 2 aromatic carbocycles. The molecule has 2 aliphatic heterocycles. The van der Waals surface area contributed by atoms with E-state index in [4.69, 9.17) is 4.74 Å². The number of fused-ring (bicyclic) bond motifs is 1. The Balaban J connectivity index is 1.52. The third-order valence-corrected chi connectivity index (χ3v) is 8.99. The van der Waals surface area contributed by atoms with Gasteiger partial charge in [0.25, 0.3) is 0 Å². The maximum absolute atomic E-state index is 14.2. The van der Waals surface area contributed by atoms with Crippen molar-refractivity contribution in [1.82, 2.24) is 4.90 Å². The topological polar surface area (TPSA) is 70.1 Å². The van der Waals surface area contributed by atoms with Gasteiger partial charge in [-0.15, -0.1) is 0 Å². The summed E-state index contributed by atoms with van der Waals surface area (Å²) in [5.41, 5.74) is 5.37. The Labute approximate surface area is 248 Å². The molecule has 0 radical (unpaired) electrons. The second kappa shape index (κ2) is 12.7. The number of rotatable bonds is 10. The number of allylic oxidation sites excluding steroid dienone is 3. The molecule has 3 aliphatic rings. The predicted octanol–water partition coefficient (Wildman–Crippen LogP) is 6.76. The lowest BCUT2D eigenvalue weighted by atomic mass is 9.79. The van der Waals surface area contributed by atoms with Crippen molar-refractivity contribution < 1.29 is 23.8 Å². The second-order valence-corrected chi connectivity index (χ2v) is 11.8. The maximum Gasteiger partial charge on any atom is 0.309 e. The summed E-state index contributed by atoms with van der Waals surface area (Å²) >= 11 is 0. The van der Waals surface area contributed by atoms with Crippen LogP contribution >= 0.6 is 0 Å². The zero-order chi connectivity index (χ0) is 30.0. The first-order valence-electron chi connectivity index (χ1n) is 15.1. The monoisotopic (exact) mass is 572 g/mol. The van der Waals surface area contributed by atoms with Crippen molar-refractivity contribution >= 4 is 17.6 Å². The highest BCUT2D eigenvalue weighted by atomic mass is 19.1. The molecule has 0 bridgehead atoms. The second-order valence-electron chi connectivity index (χ2n) is 11.8. The summed E-state index contributed by atoms with van der Waals surface area (Å²) in [5.74, 6) is -1.41. The number of aliphatic carboxylic acids is 1. The van der Waals surface area contributed by atoms with Gasteiger partial charge in [0.1, 0.15) is 18.2 Å². The quantitative estimate of drug-likeness (QED) is 0.341. The number of hydrogen-bond donors (Lipinski definition) is 1. The molecule has 1 amide bonds. The molecular weight excluding hydrogens is 531 g/mol. The molecule has 1 aliphatic carbocycles. The fraction of sp³-hybridized carbons (Fsp3) is 0.429. The van der Waals surface area contributed by atoms with Gasteiger partial charge in [-0.2, -0.15) is 0 Å². The van der Waals surface area contributed by atoms with Crippen LogP contribution in [0.4, 0.5) is 10.1 Å². The maximum atomic E-state index is 14.2. The highest BCUT2D eigenvalue weighted by molar-refractivity contribution is 5.95. The van der Waals surface area contributed by atoms with Gasteiger partial charge in [-0.1, -0.05) is 56.2 Å². The lowest BCUT2D eigenvalue weighted by molar-refractivity contribution is -0.143. The average molecular weight is 573 g/mol. The number of nitrogens with zero attached hydrogens (tertiary/aromatic N) is 2. The predicted molar refractivity (Wildman–Crippen MR) is 163 cm³/mol. The number of aryl methyl sites for hydroxylation is 2. The fourth-order valence-electron chi connectivity index (χ4n) is 6.79. The summed E-state index contributed by atoms with van der Waals surface area (Å²) < 4.78 is 19.8. The molecule has 4 atom stereocenters. The van der Waals surface area contributed by atoms with E-state index in [0.717, 1.165) is 41.7 Å². The molecule has 6 nitrogen and oxygen atoms in total. The van der Waals surface area contributed by atoms with E-state index in [1.54, 1.807) is 24.0 Å². The minimum atomic E-state index is -0.864. The van der Waals surface area contributed by atoms with Crippen molar-refractivity contribution in [3.05, 3.63) is 100 Å². The lowest BCUT2D eigenvalue weighted by Gasteiger charge is -2.33. The van der Waals surface area contributed by atoms with Gasteiger partial charge in [-0.3, -0.25) is 14.5 Å². The van der Waals surface area contributed by atoms with Crippen molar-refractivity contribution in [3.63, 3.8) is 0 Å². The van der Waals surface area contributed by atoms with Crippen LogP contribution in [-0.4, -0.2) is 47.6 Å². The van der Waals surface area contributed by atoms with E-state index in [1.165, 1.54) is 11.6 Å². The van der Waals surface area contributed by atoms with E-state index in [-0.39, 0.29) is 30.2 Å². The summed E-state index contributed by atoms with van der Waals surface area (Å²) in [5, 5.41) is 10.6. The van der Waals surface area contributed by atoms with Crippen molar-refractivity contribution in [2.24, 2.45) is 11.8 Å². The van der Waals surface area contributed by atoms with E-state index in [0.29, 0.717) is 30.8 Å². The Bertz CT molecular complexity index is 1430. The number of halogens is 1. The Morgan fingerprint density at radius 1 is 1.14 bits per heavy atom. The van der Waals surface area contributed by atoms with Gasteiger partial charge in [0, 0.05) is 30.2 Å². The third kappa shape index (κ3) is 5.93. The van der Waals surface area contributed by atoms with Crippen LogP contribution in [0.25, 0.3) is 0 Å². The lowest BCUT2D eigenvalue weighted by Crippen LogP contribution is -2.45. The van der Waals surface area contributed by atoms with Crippen LogP contribution in [0, 0.1) is 24.6 Å². The van der Waals surface area contributed by atoms with E-state index in [2.05, 4.69) is 19.9 Å². The third-order valence-electron chi connectivity index (χ3n) is 8.99. The van der Waals surface area contributed by atoms with Crippen LogP contribution in [0.15, 0.2) is 77.6 Å². The first-order chi connectivity index (χ1) is 20.2. The van der Waals surface area contributed by atoms with Crippen molar-refractivity contribution in [2.75, 3.05) is 24.6 Å². The van der Waals surface area contributed by atoms with Crippen molar-refractivity contribution in [2.45, 2.75) is 65.5 Å². The standard InChI is InChI=1S/C35H41FN2O4/c1-5-7-23(4)38(28-13-14-30(36)22(3)18-28)32(39)21-37-20-29(26-12-15-31-27(19-26)16-17-42-31)33(35(40)41)34(37)25-10-8-24(6-2)9-11-25/h8-16,18,23,29,33-34H,5-7,17,19-21H2,1-4H3,(H,40,41)/t23?,29-,33+,34-/m1/s1. The van der Waals surface area contributed by atoms with E-state index in [1.807, 2.05) is 48.2 Å². The van der Waals surface area contributed by atoms with Crippen LogP contribution in [0.5, 0.6) is 0 Å². The van der Waals surface area contributed by atoms with Gasteiger partial charge in [0.05, 0.1) is 12.5 Å². The average Bonchev–Trinajstić information content (AvgIpc) is 3.59. The summed E-state index contributed by atoms with van der Waals surface area (Å²) in [6, 6.07) is 12.4. The molecule has 0 spiro atoms. The Hall–Kier alpha value is -3.71. The number of ether oxygens (including phenoxy) is 1. The minimum Gasteiger partial charge on any atom is -0.489 e. The van der Waals surface area contributed by atoms with Crippen molar-refractivity contribution in [3.8, 4) is 0 Å². The van der Waals surface area contributed by atoms with Gasteiger partial charge in [0.15, 0.2) is 0 Å². The summed E-state index contributed by atoms with van der Waals surface area (Å²) in [7, 11) is 0. The SMILES string of the molecule is CCCC(C)N(C(=O)CN1C[C@H](C2=CC=C3OCC=C3C2)[C@H](C(=O)O)[C@H]1c1ccc(CC)cc1)c1ccc(F)c(C)c1. The van der Waals surface area contributed by atoms with Gasteiger partial charge in [-0.05, 0) is 85.7 Å². The van der Waals surface area contributed by atoms with Crippen LogP contribution in [0.1, 0.15) is 62.8 Å². The summed E-state index contributed by atoms with van der Waals surface area (Å²) in [6.45, 7) is 8.94. The van der Waals surface area contributed by atoms with E-state index in [9.17, 15) is 19.1 Å². The van der Waals surface area contributed by atoms with Gasteiger partial charge in [-0.25, -0.2) is 4.39 Å². The molecule has 2 heterocycles. The molecule has 0 saturated carbocycles. The smallest absolute Gasteiger partial charge is 0.309 e. The van der Waals surface area contributed by atoms with Crippen LogP contribution in [0.2, 0.25) is 0 Å². The molecule has 222 valence electrons. The number of anilines is 1. The molecule has 2 aromatic rings. The number of hydrogen-bond acceptors (Lipinski definition) is 4. The molecule has 7 heteroatoms. The largest absolute Gasteiger partial charge is 0.489 e. The number of likely N-dealkylation sites (tertiary alicyclic amines) is 1. The molecule has 1 N–H and O–H groups in total. The first kappa shape index (κ1) is 29.8. The van der Waals surface area contributed by atoms with Gasteiger partial charge < -0.3 is 14.7 Å². The number of benzene rings is 2. The number of amides is 1. The molecule has 1 fully saturated rings. The zero-order valence-corrected chi connectivity index (χ0v) is 25.0. The number of carbonyl (C=O) groups is 2. The molecular formula is C35H41FN2O4. The molecule has 5 rings (SSSR count). The number of carbonyl (C=O) groups excluding carboxylic acids is 1. The minimum absolute atomic E-state index is 0.0606. The highest BCUT2D eigenvalue weighted by Crippen LogP contribution is 2.47. The Morgan fingerprint density at radius 2 is 1.90 bits per heavy atom. The van der Waals surface area contributed by atoms with Gasteiger partial charge in [0.2, 0.25) is 5.91 Å². The van der Waals surface area contributed by atoms with Crippen LogP contribution in [0.3, 0.4) is 0 Å². The zero-order valence-electron chi connectivity index (χ0n) is 25.0. The summed E-state index contributed by atoms with van der Waals surface area (Å²) in [4.78, 5) is 31.0. The Kier molecular flexibility index (Phi) is 8.97. The fourth-order valence-corrected chi connectivity index (χ4v) is 6.79. The molecule has 1 saturated heterocycles. The number of carboxylic acids is 1. The van der Waals surface area contributed by atoms with E-state index < -0.39 is 17.9 Å². The normalized spacial score (nSPS) is 22.5. The van der Waals surface area contributed by atoms with Gasteiger partial charge >= 0.3 is 5.97 Å². The highest BCUT2D eigenvalue weighted by Gasteiger charge is 2.49. The first-order valence-corrected chi connectivity index (χ1v) is 15.1. The van der Waals surface area contributed by atoms with E-state index >= 15 is 0 Å².